The number of ether oxygens (including phenoxy) is 1. The number of hydrogen-bond donors (Lipinski definition) is 1. The van der Waals surface area contributed by atoms with Crippen LogP contribution in [0.5, 0.6) is 11.6 Å². The first-order valence-corrected chi connectivity index (χ1v) is 5.68. The summed E-state index contributed by atoms with van der Waals surface area (Å²) in [7, 11) is 0. The Labute approximate surface area is 105 Å². The van der Waals surface area contributed by atoms with Crippen molar-refractivity contribution < 1.29 is 4.74 Å². The molecule has 0 saturated heterocycles. The number of aromatic nitrogens is 1. The minimum Gasteiger partial charge on any atom is -0.439 e. The molecule has 0 amide bonds. The molecule has 3 nitrogen and oxygen atoms in total. The third-order valence-electron chi connectivity index (χ3n) is 2.32. The van der Waals surface area contributed by atoms with Gasteiger partial charge >= 0.3 is 0 Å². The second kappa shape index (κ2) is 5.17. The second-order valence-electron chi connectivity index (χ2n) is 3.74. The lowest BCUT2D eigenvalue weighted by atomic mass is 10.1. The van der Waals surface area contributed by atoms with Gasteiger partial charge in [0, 0.05) is 22.8 Å². The molecule has 1 aromatic heterocycles. The first-order valence-electron chi connectivity index (χ1n) is 5.31. The molecular weight excluding hydrogens is 236 g/mol. The Morgan fingerprint density at radius 3 is 2.59 bits per heavy atom. The summed E-state index contributed by atoms with van der Waals surface area (Å²) in [5, 5.41) is 0.672. The number of hydrogen-bond acceptors (Lipinski definition) is 3. The zero-order chi connectivity index (χ0) is 12.3. The maximum atomic E-state index is 5.85. The van der Waals surface area contributed by atoms with E-state index in [0.717, 1.165) is 5.56 Å². The van der Waals surface area contributed by atoms with Crippen molar-refractivity contribution in [2.24, 2.45) is 5.73 Å². The lowest BCUT2D eigenvalue weighted by Gasteiger charge is -2.11. The first kappa shape index (κ1) is 11.9. The zero-order valence-electron chi connectivity index (χ0n) is 9.43. The van der Waals surface area contributed by atoms with E-state index in [2.05, 4.69) is 4.98 Å². The highest BCUT2D eigenvalue weighted by Crippen LogP contribution is 2.26. The number of benzene rings is 1. The number of rotatable bonds is 3. The number of halogens is 1. The molecule has 0 unspecified atom stereocenters. The van der Waals surface area contributed by atoms with E-state index in [-0.39, 0.29) is 6.04 Å². The Balaban J connectivity index is 2.26. The Morgan fingerprint density at radius 1 is 1.24 bits per heavy atom. The lowest BCUT2D eigenvalue weighted by molar-refractivity contribution is 0.452. The molecule has 88 valence electrons. The van der Waals surface area contributed by atoms with Crippen LogP contribution in [-0.2, 0) is 0 Å². The minimum absolute atomic E-state index is 0.119. The summed E-state index contributed by atoms with van der Waals surface area (Å²) in [5.74, 6) is 1.22. The topological polar surface area (TPSA) is 48.1 Å². The van der Waals surface area contributed by atoms with E-state index in [4.69, 9.17) is 22.1 Å². The van der Waals surface area contributed by atoms with Crippen molar-refractivity contribution in [1.29, 1.82) is 0 Å². The Hall–Kier alpha value is -1.58. The third kappa shape index (κ3) is 2.96. The molecule has 0 aliphatic rings. The summed E-state index contributed by atoms with van der Waals surface area (Å²) >= 11 is 5.81. The maximum absolute atomic E-state index is 5.85. The molecule has 0 saturated carbocycles. The quantitative estimate of drug-likeness (QED) is 0.904. The molecule has 17 heavy (non-hydrogen) atoms. The smallest absolute Gasteiger partial charge is 0.223 e. The van der Waals surface area contributed by atoms with Crippen LogP contribution >= 0.6 is 11.6 Å². The van der Waals surface area contributed by atoms with Crippen LogP contribution < -0.4 is 10.5 Å². The van der Waals surface area contributed by atoms with Gasteiger partial charge in [0.15, 0.2) is 0 Å². The molecular formula is C13H13ClN2O. The predicted octanol–water partition coefficient (Wildman–Crippen LogP) is 3.55. The van der Waals surface area contributed by atoms with Crippen molar-refractivity contribution >= 4 is 11.6 Å². The Morgan fingerprint density at radius 2 is 1.94 bits per heavy atom. The van der Waals surface area contributed by atoms with Gasteiger partial charge in [0.25, 0.3) is 0 Å². The Kier molecular flexibility index (Phi) is 3.61. The van der Waals surface area contributed by atoms with Gasteiger partial charge in [0.2, 0.25) is 5.88 Å². The van der Waals surface area contributed by atoms with E-state index in [1.807, 2.05) is 19.1 Å². The van der Waals surface area contributed by atoms with E-state index in [9.17, 15) is 0 Å². The van der Waals surface area contributed by atoms with Crippen LogP contribution in [0.4, 0.5) is 0 Å². The number of pyridine rings is 1. The van der Waals surface area contributed by atoms with Gasteiger partial charge in [-0.25, -0.2) is 4.98 Å². The molecule has 2 N–H and O–H groups in total. The zero-order valence-corrected chi connectivity index (χ0v) is 10.2. The van der Waals surface area contributed by atoms with E-state index in [1.165, 1.54) is 0 Å². The van der Waals surface area contributed by atoms with Gasteiger partial charge in [-0.15, -0.1) is 0 Å². The average molecular weight is 249 g/mol. The van der Waals surface area contributed by atoms with Crippen LogP contribution in [0.15, 0.2) is 42.6 Å². The SMILES string of the molecule is C[C@H](N)c1cccnc1Oc1ccc(Cl)cc1. The predicted molar refractivity (Wildman–Crippen MR) is 68.4 cm³/mol. The van der Waals surface area contributed by atoms with Crippen molar-refractivity contribution in [3.63, 3.8) is 0 Å². The molecule has 0 bridgehead atoms. The lowest BCUT2D eigenvalue weighted by Crippen LogP contribution is -2.07. The van der Waals surface area contributed by atoms with Crippen LogP contribution in [0.1, 0.15) is 18.5 Å². The van der Waals surface area contributed by atoms with Gasteiger partial charge in [-0.05, 0) is 37.3 Å². The normalized spacial score (nSPS) is 12.2. The van der Waals surface area contributed by atoms with Crippen molar-refractivity contribution in [3.05, 3.63) is 53.2 Å². The van der Waals surface area contributed by atoms with Gasteiger partial charge in [-0.2, -0.15) is 0 Å². The van der Waals surface area contributed by atoms with E-state index < -0.39 is 0 Å². The fraction of sp³-hybridized carbons (Fsp3) is 0.154. The summed E-state index contributed by atoms with van der Waals surface area (Å²) in [6, 6.07) is 10.8. The van der Waals surface area contributed by atoms with Crippen LogP contribution in [0.25, 0.3) is 0 Å². The Bertz CT molecular complexity index is 497. The second-order valence-corrected chi connectivity index (χ2v) is 4.18. The molecule has 2 rings (SSSR count). The van der Waals surface area contributed by atoms with Crippen molar-refractivity contribution in [2.75, 3.05) is 0 Å². The highest BCUT2D eigenvalue weighted by Gasteiger charge is 2.09. The van der Waals surface area contributed by atoms with E-state index >= 15 is 0 Å². The monoisotopic (exact) mass is 248 g/mol. The molecule has 0 radical (unpaired) electrons. The summed E-state index contributed by atoms with van der Waals surface area (Å²) in [6.07, 6.45) is 1.68. The molecule has 0 aliphatic heterocycles. The fourth-order valence-corrected chi connectivity index (χ4v) is 1.58. The molecule has 1 atom stereocenters. The summed E-state index contributed by atoms with van der Waals surface area (Å²) in [6.45, 7) is 1.89. The van der Waals surface area contributed by atoms with Crippen LogP contribution in [0.3, 0.4) is 0 Å². The van der Waals surface area contributed by atoms with Crippen LogP contribution in [0, 0.1) is 0 Å². The van der Waals surface area contributed by atoms with Gasteiger partial charge in [0.1, 0.15) is 5.75 Å². The summed E-state index contributed by atoms with van der Waals surface area (Å²) in [5.41, 5.74) is 6.73. The van der Waals surface area contributed by atoms with Gasteiger partial charge in [-0.1, -0.05) is 17.7 Å². The largest absolute Gasteiger partial charge is 0.439 e. The fourth-order valence-electron chi connectivity index (χ4n) is 1.45. The molecule has 0 spiro atoms. The van der Waals surface area contributed by atoms with E-state index in [0.29, 0.717) is 16.7 Å². The molecule has 0 aliphatic carbocycles. The van der Waals surface area contributed by atoms with Gasteiger partial charge < -0.3 is 10.5 Å². The third-order valence-corrected chi connectivity index (χ3v) is 2.57. The van der Waals surface area contributed by atoms with Crippen LogP contribution in [-0.4, -0.2) is 4.98 Å². The highest BCUT2D eigenvalue weighted by atomic mass is 35.5. The van der Waals surface area contributed by atoms with Gasteiger partial charge in [0.05, 0.1) is 0 Å². The summed E-state index contributed by atoms with van der Waals surface area (Å²) < 4.78 is 5.68. The average Bonchev–Trinajstić information content (AvgIpc) is 2.32. The van der Waals surface area contributed by atoms with Crippen molar-refractivity contribution in [2.45, 2.75) is 13.0 Å². The standard InChI is InChI=1S/C13H13ClN2O/c1-9(15)12-3-2-8-16-13(12)17-11-6-4-10(14)5-7-11/h2-9H,15H2,1H3/t9-/m0/s1. The molecule has 4 heteroatoms. The maximum Gasteiger partial charge on any atom is 0.223 e. The van der Waals surface area contributed by atoms with E-state index in [1.54, 1.807) is 30.5 Å². The van der Waals surface area contributed by atoms with Crippen molar-refractivity contribution in [1.82, 2.24) is 4.98 Å². The molecule has 0 fully saturated rings. The highest BCUT2D eigenvalue weighted by molar-refractivity contribution is 6.30. The van der Waals surface area contributed by atoms with Crippen molar-refractivity contribution in [3.8, 4) is 11.6 Å². The van der Waals surface area contributed by atoms with Gasteiger partial charge in [-0.3, -0.25) is 0 Å². The molecule has 1 heterocycles. The molecule has 1 aromatic carbocycles. The summed E-state index contributed by atoms with van der Waals surface area (Å²) in [4.78, 5) is 4.18. The minimum atomic E-state index is -0.119. The first-order chi connectivity index (χ1) is 8.16. The van der Waals surface area contributed by atoms with Crippen LogP contribution in [0.2, 0.25) is 5.02 Å². The number of nitrogens with two attached hydrogens (primary N) is 1. The molecule has 2 aromatic rings. The number of nitrogens with zero attached hydrogens (tertiary/aromatic N) is 1.